The minimum atomic E-state index is 0.500. The van der Waals surface area contributed by atoms with Crippen LogP contribution in [0.25, 0.3) is 0 Å². The highest BCUT2D eigenvalue weighted by molar-refractivity contribution is 5.16. The summed E-state index contributed by atoms with van der Waals surface area (Å²) in [4.78, 5) is 0. The zero-order valence-electron chi connectivity index (χ0n) is 23.4. The lowest BCUT2D eigenvalue weighted by molar-refractivity contribution is -0.0913. The van der Waals surface area contributed by atoms with Gasteiger partial charge in [-0.3, -0.25) is 4.68 Å². The van der Waals surface area contributed by atoms with Crippen molar-refractivity contribution in [2.24, 2.45) is 46.3 Å². The number of unbranched alkanes of at least 4 members (excludes halogenated alkanes) is 1. The second-order valence-electron chi connectivity index (χ2n) is 12.4. The van der Waals surface area contributed by atoms with Crippen LogP contribution in [0.15, 0.2) is 12.3 Å². The normalized spacial score (nSPS) is 37.6. The molecule has 34 heavy (non-hydrogen) atoms. The zero-order valence-corrected chi connectivity index (χ0v) is 23.4. The Morgan fingerprint density at radius 3 is 2.47 bits per heavy atom. The van der Waals surface area contributed by atoms with Crippen LogP contribution in [0.3, 0.4) is 0 Å². The quantitative estimate of drug-likeness (QED) is 0.383. The molecule has 0 spiro atoms. The molecule has 8 unspecified atom stereocenters. The summed E-state index contributed by atoms with van der Waals surface area (Å²) in [6, 6.07) is 4.03. The van der Waals surface area contributed by atoms with Crippen LogP contribution < -0.4 is 0 Å². The first-order chi connectivity index (χ1) is 16.4. The number of nitrogens with zero attached hydrogens (tertiary/aromatic N) is 3. The van der Waals surface area contributed by atoms with Crippen LogP contribution in [0.5, 0.6) is 0 Å². The van der Waals surface area contributed by atoms with Gasteiger partial charge in [-0.25, -0.2) is 0 Å². The van der Waals surface area contributed by atoms with Crippen LogP contribution in [0.4, 0.5) is 0 Å². The van der Waals surface area contributed by atoms with Crippen molar-refractivity contribution in [2.45, 2.75) is 126 Å². The molecule has 8 atom stereocenters. The van der Waals surface area contributed by atoms with E-state index >= 15 is 0 Å². The van der Waals surface area contributed by atoms with Crippen molar-refractivity contribution < 1.29 is 0 Å². The Kier molecular flexibility index (Phi) is 9.33. The molecule has 3 nitrogen and oxygen atoms in total. The molecule has 1 heterocycles. The maximum Gasteiger partial charge on any atom is 0.162 e. The zero-order chi connectivity index (χ0) is 24.9. The van der Waals surface area contributed by atoms with Crippen molar-refractivity contribution in [2.75, 3.05) is 0 Å². The number of hydrogen-bond acceptors (Lipinski definition) is 2. The van der Waals surface area contributed by atoms with Gasteiger partial charge in [0.2, 0.25) is 0 Å². The molecular weight excluding hydrogens is 414 g/mol. The lowest BCUT2D eigenvalue weighted by Gasteiger charge is -2.58. The number of hydrogen-bond donors (Lipinski definition) is 0. The first kappa shape index (κ1) is 27.3. The fraction of sp³-hybridized carbons (Fsp3) is 0.871. The SMILES string of the molecule is CC.CCCCC1(C)CCC2C(CCC3(C)C(C(C)Cn4ccc(C#N)n4)CCC23)C1CCC. The molecule has 4 rings (SSSR count). The molecule has 0 radical (unpaired) electrons. The molecule has 0 saturated heterocycles. The predicted molar refractivity (Wildman–Crippen MR) is 143 cm³/mol. The van der Waals surface area contributed by atoms with E-state index in [0.717, 1.165) is 36.1 Å². The van der Waals surface area contributed by atoms with Gasteiger partial charge in [0.15, 0.2) is 5.69 Å². The van der Waals surface area contributed by atoms with Crippen LogP contribution in [-0.2, 0) is 6.54 Å². The Hall–Kier alpha value is -1.30. The number of fused-ring (bicyclic) bond motifs is 3. The van der Waals surface area contributed by atoms with Gasteiger partial charge in [0.1, 0.15) is 6.07 Å². The minimum Gasteiger partial charge on any atom is -0.271 e. The van der Waals surface area contributed by atoms with E-state index in [1.54, 1.807) is 0 Å². The average molecular weight is 468 g/mol. The highest BCUT2D eigenvalue weighted by atomic mass is 15.3. The van der Waals surface area contributed by atoms with Crippen molar-refractivity contribution >= 4 is 0 Å². The number of aromatic nitrogens is 2. The average Bonchev–Trinajstić information content (AvgIpc) is 3.44. The summed E-state index contributed by atoms with van der Waals surface area (Å²) in [5, 5.41) is 13.6. The third-order valence-electron chi connectivity index (χ3n) is 10.6. The lowest BCUT2D eigenvalue weighted by Crippen LogP contribution is -2.50. The van der Waals surface area contributed by atoms with Crippen molar-refractivity contribution in [3.05, 3.63) is 18.0 Å². The highest BCUT2D eigenvalue weighted by Gasteiger charge is 2.58. The maximum atomic E-state index is 9.12. The van der Waals surface area contributed by atoms with E-state index in [-0.39, 0.29) is 0 Å². The fourth-order valence-electron chi connectivity index (χ4n) is 9.12. The third-order valence-corrected chi connectivity index (χ3v) is 10.6. The summed E-state index contributed by atoms with van der Waals surface area (Å²) in [7, 11) is 0. The van der Waals surface area contributed by atoms with Gasteiger partial charge in [-0.2, -0.15) is 10.4 Å². The molecule has 0 aromatic carbocycles. The number of nitriles is 1. The lowest BCUT2D eigenvalue weighted by atomic mass is 9.47. The molecule has 0 aliphatic heterocycles. The molecule has 1 aromatic heterocycles. The van der Waals surface area contributed by atoms with Gasteiger partial charge in [-0.05, 0) is 104 Å². The first-order valence-electron chi connectivity index (χ1n) is 14.8. The summed E-state index contributed by atoms with van der Waals surface area (Å²) >= 11 is 0. The highest BCUT2D eigenvalue weighted by Crippen LogP contribution is 2.66. The number of rotatable bonds is 8. The van der Waals surface area contributed by atoms with Crippen molar-refractivity contribution in [3.63, 3.8) is 0 Å². The van der Waals surface area contributed by atoms with Crippen LogP contribution in [-0.4, -0.2) is 9.78 Å². The second kappa shape index (κ2) is 11.6. The standard InChI is InChI=1S/C29H47N3.C2H6/c1-6-8-15-28(4)16-12-24-23(26(28)9-7-2)13-17-29(5)25(10-11-27(24)29)21(3)20-32-18-14-22(19-30)31-32;1-2/h14,18,21,23-27H,6-13,15-17,20H2,1-5H3;1-2H3. The molecule has 192 valence electrons. The molecule has 0 N–H and O–H groups in total. The predicted octanol–water partition coefficient (Wildman–Crippen LogP) is 8.88. The Labute approximate surface area is 211 Å². The van der Waals surface area contributed by atoms with E-state index in [0.29, 0.717) is 22.4 Å². The first-order valence-corrected chi connectivity index (χ1v) is 14.8. The minimum absolute atomic E-state index is 0.500. The van der Waals surface area contributed by atoms with Gasteiger partial charge in [-0.1, -0.05) is 67.7 Å². The van der Waals surface area contributed by atoms with E-state index in [2.05, 4.69) is 45.8 Å². The van der Waals surface area contributed by atoms with Gasteiger partial charge in [0, 0.05) is 12.7 Å². The second-order valence-corrected chi connectivity index (χ2v) is 12.4. The molecular formula is C31H53N3. The van der Waals surface area contributed by atoms with Gasteiger partial charge in [0.25, 0.3) is 0 Å². The Balaban J connectivity index is 0.00000158. The summed E-state index contributed by atoms with van der Waals surface area (Å²) in [6.45, 7) is 17.5. The van der Waals surface area contributed by atoms with E-state index < -0.39 is 0 Å². The van der Waals surface area contributed by atoms with Crippen LogP contribution in [0, 0.1) is 57.7 Å². The maximum absolute atomic E-state index is 9.12. The molecule has 0 bridgehead atoms. The third kappa shape index (κ3) is 5.12. The summed E-state index contributed by atoms with van der Waals surface area (Å²) < 4.78 is 2.02. The van der Waals surface area contributed by atoms with E-state index in [4.69, 9.17) is 5.26 Å². The molecule has 1 aromatic rings. The van der Waals surface area contributed by atoms with Gasteiger partial charge in [0.05, 0.1) is 0 Å². The molecule has 3 aliphatic rings. The molecule has 3 heteroatoms. The fourth-order valence-corrected chi connectivity index (χ4v) is 9.12. The molecule has 3 aliphatic carbocycles. The van der Waals surface area contributed by atoms with E-state index in [9.17, 15) is 0 Å². The van der Waals surface area contributed by atoms with Crippen molar-refractivity contribution in [1.29, 1.82) is 5.26 Å². The molecule has 0 amide bonds. The Morgan fingerprint density at radius 1 is 1.09 bits per heavy atom. The Bertz CT molecular complexity index is 806. The van der Waals surface area contributed by atoms with Gasteiger partial charge < -0.3 is 0 Å². The summed E-state index contributed by atoms with van der Waals surface area (Å²) in [5.41, 5.74) is 1.63. The topological polar surface area (TPSA) is 41.6 Å². The Morgan fingerprint density at radius 2 is 1.82 bits per heavy atom. The van der Waals surface area contributed by atoms with Crippen LogP contribution in [0.1, 0.15) is 125 Å². The molecule has 3 fully saturated rings. The van der Waals surface area contributed by atoms with Crippen LogP contribution in [0.2, 0.25) is 0 Å². The smallest absolute Gasteiger partial charge is 0.162 e. The van der Waals surface area contributed by atoms with Gasteiger partial charge >= 0.3 is 0 Å². The van der Waals surface area contributed by atoms with Crippen molar-refractivity contribution in [3.8, 4) is 6.07 Å². The van der Waals surface area contributed by atoms with E-state index in [1.807, 2.05) is 30.8 Å². The van der Waals surface area contributed by atoms with Crippen LogP contribution >= 0.6 is 0 Å². The largest absolute Gasteiger partial charge is 0.271 e. The van der Waals surface area contributed by atoms with E-state index in [1.165, 1.54) is 70.6 Å². The summed E-state index contributed by atoms with van der Waals surface area (Å²) in [6.07, 6.45) is 17.7. The summed E-state index contributed by atoms with van der Waals surface area (Å²) in [5.74, 6) is 5.23. The monoisotopic (exact) mass is 467 g/mol. The van der Waals surface area contributed by atoms with Gasteiger partial charge in [-0.15, -0.1) is 0 Å². The van der Waals surface area contributed by atoms with Crippen molar-refractivity contribution in [1.82, 2.24) is 9.78 Å². The molecule has 3 saturated carbocycles.